The van der Waals surface area contributed by atoms with Gasteiger partial charge in [-0.1, -0.05) is 6.42 Å². The summed E-state index contributed by atoms with van der Waals surface area (Å²) >= 11 is 3.98. The largest absolute Gasteiger partial charge is 0.390 e. The van der Waals surface area contributed by atoms with E-state index in [4.69, 9.17) is 4.74 Å². The van der Waals surface area contributed by atoms with E-state index in [2.05, 4.69) is 17.5 Å². The summed E-state index contributed by atoms with van der Waals surface area (Å²) in [5, 5.41) is 9.18. The Bertz CT molecular complexity index is 140. The average Bonchev–Trinajstić information content (AvgIpc) is 2.25. The fourth-order valence-electron chi connectivity index (χ4n) is 1.65. The number of likely N-dealkylation sites (tertiary alicyclic amines) is 1. The van der Waals surface area contributed by atoms with Crippen LogP contribution in [0.4, 0.5) is 0 Å². The number of thiol groups is 1. The van der Waals surface area contributed by atoms with Crippen LogP contribution in [0.15, 0.2) is 0 Å². The Kier molecular flexibility index (Phi) is 6.60. The normalized spacial score (nSPS) is 21.0. The Hall–Kier alpha value is 0.230. The number of aliphatic hydroxyl groups excluding tert-OH is 1. The monoisotopic (exact) mass is 219 g/mol. The molecule has 1 atom stereocenters. The minimum absolute atomic E-state index is 0.414. The lowest BCUT2D eigenvalue weighted by molar-refractivity contribution is 0.0353. The first-order valence-electron chi connectivity index (χ1n) is 5.42. The molecule has 1 heterocycles. The fraction of sp³-hybridized carbons (Fsp3) is 1.00. The Morgan fingerprint density at radius 1 is 1.29 bits per heavy atom. The van der Waals surface area contributed by atoms with Crippen molar-refractivity contribution in [1.82, 2.24) is 4.90 Å². The number of ether oxygens (including phenoxy) is 1. The average molecular weight is 219 g/mol. The second-order valence-corrected chi connectivity index (χ2v) is 4.18. The lowest BCUT2D eigenvalue weighted by atomic mass is 10.1. The van der Waals surface area contributed by atoms with Gasteiger partial charge >= 0.3 is 0 Å². The maximum atomic E-state index is 9.18. The maximum absolute atomic E-state index is 9.18. The van der Waals surface area contributed by atoms with Crippen molar-refractivity contribution in [3.05, 3.63) is 0 Å². The number of rotatable bonds is 6. The molecular formula is C10H21NO2S. The standard InChI is InChI=1S/C10H21NO2S/c12-10(9-14)8-13-7-6-11-4-2-1-3-5-11/h10,12,14H,1-9H2. The van der Waals surface area contributed by atoms with E-state index in [9.17, 15) is 5.11 Å². The van der Waals surface area contributed by atoms with Gasteiger partial charge in [0.05, 0.1) is 19.3 Å². The minimum atomic E-state index is -0.417. The predicted molar refractivity (Wildman–Crippen MR) is 61.0 cm³/mol. The highest BCUT2D eigenvalue weighted by atomic mass is 32.1. The number of piperidine rings is 1. The van der Waals surface area contributed by atoms with Gasteiger partial charge in [-0.15, -0.1) is 0 Å². The van der Waals surface area contributed by atoms with Crippen LogP contribution < -0.4 is 0 Å². The molecule has 3 nitrogen and oxygen atoms in total. The van der Waals surface area contributed by atoms with Crippen LogP contribution in [0.1, 0.15) is 19.3 Å². The molecule has 1 N–H and O–H groups in total. The molecule has 84 valence electrons. The summed E-state index contributed by atoms with van der Waals surface area (Å²) < 4.78 is 5.35. The molecule has 14 heavy (non-hydrogen) atoms. The lowest BCUT2D eigenvalue weighted by Crippen LogP contribution is -2.33. The molecule has 0 saturated carbocycles. The molecule has 0 bridgehead atoms. The van der Waals surface area contributed by atoms with Crippen molar-refractivity contribution in [3.8, 4) is 0 Å². The van der Waals surface area contributed by atoms with E-state index in [0.717, 1.165) is 13.2 Å². The quantitative estimate of drug-likeness (QED) is 0.511. The molecule has 1 aliphatic rings. The summed E-state index contributed by atoms with van der Waals surface area (Å²) in [4.78, 5) is 2.43. The molecule has 1 unspecified atom stereocenters. The first kappa shape index (κ1) is 12.3. The third kappa shape index (κ3) is 5.20. The van der Waals surface area contributed by atoms with E-state index in [0.29, 0.717) is 12.4 Å². The molecule has 0 aromatic carbocycles. The zero-order chi connectivity index (χ0) is 10.2. The van der Waals surface area contributed by atoms with Crippen LogP contribution in [0.25, 0.3) is 0 Å². The van der Waals surface area contributed by atoms with E-state index in [1.165, 1.54) is 32.4 Å². The van der Waals surface area contributed by atoms with E-state index < -0.39 is 6.10 Å². The van der Waals surface area contributed by atoms with E-state index in [-0.39, 0.29) is 0 Å². The molecule has 1 aliphatic heterocycles. The molecule has 0 amide bonds. The first-order valence-corrected chi connectivity index (χ1v) is 6.05. The number of nitrogens with zero attached hydrogens (tertiary/aromatic N) is 1. The van der Waals surface area contributed by atoms with Crippen LogP contribution in [-0.4, -0.2) is 54.7 Å². The second-order valence-electron chi connectivity index (χ2n) is 3.81. The fourth-order valence-corrected chi connectivity index (χ4v) is 1.75. The summed E-state index contributed by atoms with van der Waals surface area (Å²) in [6.45, 7) is 4.55. The Morgan fingerprint density at radius 3 is 2.64 bits per heavy atom. The van der Waals surface area contributed by atoms with Crippen molar-refractivity contribution >= 4 is 12.6 Å². The summed E-state index contributed by atoms with van der Waals surface area (Å²) in [7, 11) is 0. The lowest BCUT2D eigenvalue weighted by Gasteiger charge is -2.26. The first-order chi connectivity index (χ1) is 6.83. The molecule has 1 rings (SSSR count). The van der Waals surface area contributed by atoms with Gasteiger partial charge in [-0.25, -0.2) is 0 Å². The molecule has 0 aliphatic carbocycles. The third-order valence-electron chi connectivity index (χ3n) is 2.52. The van der Waals surface area contributed by atoms with Gasteiger partial charge in [-0.2, -0.15) is 12.6 Å². The highest BCUT2D eigenvalue weighted by Crippen LogP contribution is 2.07. The minimum Gasteiger partial charge on any atom is -0.390 e. The Balaban J connectivity index is 1.92. The van der Waals surface area contributed by atoms with Crippen molar-refractivity contribution in [2.45, 2.75) is 25.4 Å². The zero-order valence-electron chi connectivity index (χ0n) is 8.69. The van der Waals surface area contributed by atoms with E-state index in [1.54, 1.807) is 0 Å². The highest BCUT2D eigenvalue weighted by Gasteiger charge is 2.09. The van der Waals surface area contributed by atoms with Gasteiger partial charge < -0.3 is 14.7 Å². The van der Waals surface area contributed by atoms with Crippen molar-refractivity contribution in [2.24, 2.45) is 0 Å². The SMILES string of the molecule is OC(CS)COCCN1CCCCC1. The van der Waals surface area contributed by atoms with Gasteiger partial charge in [0.1, 0.15) is 0 Å². The second kappa shape index (κ2) is 7.51. The van der Waals surface area contributed by atoms with Crippen LogP contribution >= 0.6 is 12.6 Å². The molecule has 0 aromatic rings. The van der Waals surface area contributed by atoms with Crippen LogP contribution in [0.5, 0.6) is 0 Å². The maximum Gasteiger partial charge on any atom is 0.0861 e. The van der Waals surface area contributed by atoms with Crippen molar-refractivity contribution < 1.29 is 9.84 Å². The van der Waals surface area contributed by atoms with Gasteiger partial charge in [-0.3, -0.25) is 0 Å². The molecule has 0 spiro atoms. The summed E-state index contributed by atoms with van der Waals surface area (Å²) in [5.74, 6) is 0.476. The third-order valence-corrected chi connectivity index (χ3v) is 2.94. The Labute approximate surface area is 91.8 Å². The topological polar surface area (TPSA) is 32.7 Å². The van der Waals surface area contributed by atoms with Crippen molar-refractivity contribution in [2.75, 3.05) is 38.6 Å². The van der Waals surface area contributed by atoms with E-state index >= 15 is 0 Å². The van der Waals surface area contributed by atoms with E-state index in [1.807, 2.05) is 0 Å². The smallest absolute Gasteiger partial charge is 0.0861 e. The van der Waals surface area contributed by atoms with Crippen LogP contribution in [-0.2, 0) is 4.74 Å². The van der Waals surface area contributed by atoms with Gasteiger partial charge in [0.2, 0.25) is 0 Å². The highest BCUT2D eigenvalue weighted by molar-refractivity contribution is 7.80. The van der Waals surface area contributed by atoms with Crippen molar-refractivity contribution in [3.63, 3.8) is 0 Å². The van der Waals surface area contributed by atoms with Gasteiger partial charge in [0.15, 0.2) is 0 Å². The predicted octanol–water partition coefficient (Wildman–Crippen LogP) is 0.780. The summed E-state index contributed by atoms with van der Waals surface area (Å²) in [5.41, 5.74) is 0. The number of hydrogen-bond donors (Lipinski definition) is 2. The molecule has 0 aromatic heterocycles. The number of hydrogen-bond acceptors (Lipinski definition) is 4. The van der Waals surface area contributed by atoms with Crippen LogP contribution in [0, 0.1) is 0 Å². The molecular weight excluding hydrogens is 198 g/mol. The van der Waals surface area contributed by atoms with Crippen LogP contribution in [0.2, 0.25) is 0 Å². The van der Waals surface area contributed by atoms with Crippen molar-refractivity contribution in [1.29, 1.82) is 0 Å². The molecule has 1 fully saturated rings. The molecule has 4 heteroatoms. The van der Waals surface area contributed by atoms with Gasteiger partial charge in [0, 0.05) is 12.3 Å². The van der Waals surface area contributed by atoms with Gasteiger partial charge in [0.25, 0.3) is 0 Å². The van der Waals surface area contributed by atoms with Gasteiger partial charge in [-0.05, 0) is 25.9 Å². The zero-order valence-corrected chi connectivity index (χ0v) is 9.59. The molecule has 1 saturated heterocycles. The molecule has 0 radical (unpaired) electrons. The Morgan fingerprint density at radius 2 is 2.00 bits per heavy atom. The number of aliphatic hydroxyl groups is 1. The van der Waals surface area contributed by atoms with Crippen LogP contribution in [0.3, 0.4) is 0 Å². The summed E-state index contributed by atoms with van der Waals surface area (Å²) in [6.07, 6.45) is 3.59. The summed E-state index contributed by atoms with van der Waals surface area (Å²) in [6, 6.07) is 0.